The number of hydrogen-bond acceptors (Lipinski definition) is 3. The number of aliphatic hydroxyl groups is 1. The van der Waals surface area contributed by atoms with Crippen LogP contribution < -0.4 is 0 Å². The Kier molecular flexibility index (Phi) is 4.82. The van der Waals surface area contributed by atoms with Gasteiger partial charge in [0, 0.05) is 6.61 Å². The fourth-order valence-corrected chi connectivity index (χ4v) is 0.532. The first-order chi connectivity index (χ1) is 3.81. The lowest BCUT2D eigenvalue weighted by atomic mass is 10.2. The minimum atomic E-state index is -0.206. The maximum atomic E-state index is 8.27. The number of aliphatic hydroxyl groups excluding tert-OH is 1. The largest absolute Gasteiger partial charge is 0.396 e. The molecule has 1 unspecified atom stereocenters. The summed E-state index contributed by atoms with van der Waals surface area (Å²) in [5.74, 6) is 0. The summed E-state index contributed by atoms with van der Waals surface area (Å²) in [5, 5.41) is 16.2. The highest BCUT2D eigenvalue weighted by Crippen LogP contribution is 2.01. The van der Waals surface area contributed by atoms with Crippen LogP contribution in [0.25, 0.3) is 0 Å². The molecule has 8 heavy (non-hydrogen) atoms. The zero-order chi connectivity index (χ0) is 6.41. The molecule has 0 aromatic carbocycles. The van der Waals surface area contributed by atoms with E-state index < -0.39 is 0 Å². The predicted octanol–water partition coefficient (Wildman–Crippen LogP) is 0.581. The van der Waals surface area contributed by atoms with E-state index in [4.69, 9.17) is 10.4 Å². The van der Waals surface area contributed by atoms with E-state index in [0.29, 0.717) is 12.8 Å². The van der Waals surface area contributed by atoms with Crippen LogP contribution in [-0.4, -0.2) is 17.0 Å². The van der Waals surface area contributed by atoms with Crippen LogP contribution >= 0.6 is 12.6 Å². The summed E-state index contributed by atoms with van der Waals surface area (Å²) >= 11 is 3.89. The van der Waals surface area contributed by atoms with Gasteiger partial charge in [0.2, 0.25) is 0 Å². The summed E-state index contributed by atoms with van der Waals surface area (Å²) in [6.07, 6.45) is 1.35. The van der Waals surface area contributed by atoms with Crippen molar-refractivity contribution in [2.45, 2.75) is 18.1 Å². The molecular formula is C5H9NOS. The van der Waals surface area contributed by atoms with Crippen molar-refractivity contribution in [2.24, 2.45) is 0 Å². The number of nitrogens with zero attached hydrogens (tertiary/aromatic N) is 1. The van der Waals surface area contributed by atoms with Crippen LogP contribution in [-0.2, 0) is 0 Å². The fourth-order valence-electron chi connectivity index (χ4n) is 0.349. The standard InChI is InChI=1S/C5H9NOS/c6-4-5(8)2-1-3-7/h5,7-8H,1-3H2. The average Bonchev–Trinajstić information content (AvgIpc) is 1.83. The third kappa shape index (κ3) is 3.97. The molecule has 0 bridgehead atoms. The van der Waals surface area contributed by atoms with E-state index in [-0.39, 0.29) is 11.9 Å². The molecule has 0 heterocycles. The van der Waals surface area contributed by atoms with Gasteiger partial charge in [0.05, 0.1) is 11.3 Å². The van der Waals surface area contributed by atoms with Gasteiger partial charge in [-0.1, -0.05) is 0 Å². The van der Waals surface area contributed by atoms with Crippen LogP contribution in [0.5, 0.6) is 0 Å². The highest BCUT2D eigenvalue weighted by molar-refractivity contribution is 7.81. The van der Waals surface area contributed by atoms with Crippen molar-refractivity contribution in [3.63, 3.8) is 0 Å². The molecule has 0 rings (SSSR count). The van der Waals surface area contributed by atoms with E-state index in [1.807, 2.05) is 6.07 Å². The molecule has 0 aromatic heterocycles. The van der Waals surface area contributed by atoms with Gasteiger partial charge in [0.1, 0.15) is 0 Å². The highest BCUT2D eigenvalue weighted by atomic mass is 32.1. The van der Waals surface area contributed by atoms with Gasteiger partial charge in [-0.25, -0.2) is 0 Å². The first-order valence-electron chi connectivity index (χ1n) is 2.49. The topological polar surface area (TPSA) is 44.0 Å². The Balaban J connectivity index is 3.02. The molecule has 46 valence electrons. The number of thiol groups is 1. The van der Waals surface area contributed by atoms with Gasteiger partial charge in [-0.2, -0.15) is 17.9 Å². The molecule has 0 spiro atoms. The minimum absolute atomic E-state index is 0.152. The molecule has 0 saturated carbocycles. The molecule has 2 nitrogen and oxygen atoms in total. The maximum Gasteiger partial charge on any atom is 0.0887 e. The van der Waals surface area contributed by atoms with Crippen molar-refractivity contribution in [2.75, 3.05) is 6.61 Å². The first kappa shape index (κ1) is 7.80. The van der Waals surface area contributed by atoms with E-state index in [0.717, 1.165) is 0 Å². The van der Waals surface area contributed by atoms with Gasteiger partial charge in [0.15, 0.2) is 0 Å². The number of nitriles is 1. The quantitative estimate of drug-likeness (QED) is 0.550. The Morgan fingerprint density at radius 1 is 1.75 bits per heavy atom. The second-order valence-corrected chi connectivity index (χ2v) is 2.13. The first-order valence-corrected chi connectivity index (χ1v) is 3.01. The Bertz CT molecular complexity index is 88.9. The van der Waals surface area contributed by atoms with E-state index in [1.54, 1.807) is 0 Å². The summed E-state index contributed by atoms with van der Waals surface area (Å²) in [6.45, 7) is 0.152. The molecule has 0 fully saturated rings. The summed E-state index contributed by atoms with van der Waals surface area (Å²) in [6, 6.07) is 1.95. The zero-order valence-corrected chi connectivity index (χ0v) is 5.43. The Morgan fingerprint density at radius 3 is 2.75 bits per heavy atom. The molecule has 0 saturated heterocycles. The second-order valence-electron chi connectivity index (χ2n) is 1.51. The van der Waals surface area contributed by atoms with Crippen molar-refractivity contribution in [1.29, 1.82) is 5.26 Å². The molecule has 0 amide bonds. The lowest BCUT2D eigenvalue weighted by Gasteiger charge is -1.95. The third-order valence-corrected chi connectivity index (χ3v) is 1.16. The van der Waals surface area contributed by atoms with Gasteiger partial charge in [-0.3, -0.25) is 0 Å². The van der Waals surface area contributed by atoms with Crippen LogP contribution in [0.3, 0.4) is 0 Å². The Labute approximate surface area is 54.5 Å². The summed E-state index contributed by atoms with van der Waals surface area (Å²) in [4.78, 5) is 0. The van der Waals surface area contributed by atoms with Crippen molar-refractivity contribution < 1.29 is 5.11 Å². The smallest absolute Gasteiger partial charge is 0.0887 e. The van der Waals surface area contributed by atoms with Crippen molar-refractivity contribution in [3.8, 4) is 6.07 Å². The van der Waals surface area contributed by atoms with Crippen molar-refractivity contribution in [3.05, 3.63) is 0 Å². The molecule has 3 heteroatoms. The second kappa shape index (κ2) is 4.95. The fraction of sp³-hybridized carbons (Fsp3) is 0.800. The molecule has 0 aromatic rings. The molecule has 0 aliphatic carbocycles. The molecule has 0 aliphatic heterocycles. The highest BCUT2D eigenvalue weighted by Gasteiger charge is 1.96. The molecule has 0 radical (unpaired) electrons. The predicted molar refractivity (Wildman–Crippen MR) is 34.7 cm³/mol. The number of rotatable bonds is 3. The molecule has 1 N–H and O–H groups in total. The molecule has 1 atom stereocenters. The maximum absolute atomic E-state index is 8.27. The van der Waals surface area contributed by atoms with Crippen LogP contribution in [0, 0.1) is 11.3 Å². The zero-order valence-electron chi connectivity index (χ0n) is 4.54. The van der Waals surface area contributed by atoms with Crippen LogP contribution in [0.15, 0.2) is 0 Å². The van der Waals surface area contributed by atoms with E-state index in [1.165, 1.54) is 0 Å². The lowest BCUT2D eigenvalue weighted by molar-refractivity contribution is 0.286. The van der Waals surface area contributed by atoms with E-state index in [2.05, 4.69) is 12.6 Å². The van der Waals surface area contributed by atoms with E-state index >= 15 is 0 Å². The Morgan fingerprint density at radius 2 is 2.38 bits per heavy atom. The summed E-state index contributed by atoms with van der Waals surface area (Å²) in [5.41, 5.74) is 0. The molecular weight excluding hydrogens is 122 g/mol. The van der Waals surface area contributed by atoms with Gasteiger partial charge < -0.3 is 5.11 Å². The van der Waals surface area contributed by atoms with E-state index in [9.17, 15) is 0 Å². The van der Waals surface area contributed by atoms with Gasteiger partial charge in [0.25, 0.3) is 0 Å². The number of hydrogen-bond donors (Lipinski definition) is 2. The Hall–Kier alpha value is -0.200. The van der Waals surface area contributed by atoms with Crippen molar-refractivity contribution in [1.82, 2.24) is 0 Å². The van der Waals surface area contributed by atoms with Gasteiger partial charge in [-0.05, 0) is 12.8 Å². The summed E-state index contributed by atoms with van der Waals surface area (Å²) in [7, 11) is 0. The minimum Gasteiger partial charge on any atom is -0.396 e. The monoisotopic (exact) mass is 131 g/mol. The third-order valence-electron chi connectivity index (χ3n) is 0.785. The molecule has 0 aliphatic rings. The summed E-state index contributed by atoms with van der Waals surface area (Å²) < 4.78 is 0. The lowest BCUT2D eigenvalue weighted by Crippen LogP contribution is -1.94. The van der Waals surface area contributed by atoms with Crippen LogP contribution in [0.1, 0.15) is 12.8 Å². The van der Waals surface area contributed by atoms with Gasteiger partial charge >= 0.3 is 0 Å². The van der Waals surface area contributed by atoms with Crippen LogP contribution in [0.4, 0.5) is 0 Å². The normalized spacial score (nSPS) is 12.6. The average molecular weight is 131 g/mol. The van der Waals surface area contributed by atoms with Gasteiger partial charge in [-0.15, -0.1) is 0 Å². The van der Waals surface area contributed by atoms with Crippen molar-refractivity contribution >= 4 is 12.6 Å². The SMILES string of the molecule is N#CC(S)CCCO. The van der Waals surface area contributed by atoms with Crippen LogP contribution in [0.2, 0.25) is 0 Å².